The molecule has 44 heavy (non-hydrogen) atoms. The molecule has 9 heteroatoms. The topological polar surface area (TPSA) is 114 Å². The number of hydrogen-bond donors (Lipinski definition) is 2. The largest absolute Gasteiger partial charge is 0.458 e. The van der Waals surface area contributed by atoms with E-state index in [1.807, 2.05) is 76.2 Å². The molecule has 0 saturated heterocycles. The maximum absolute atomic E-state index is 14.3. The Labute approximate surface area is 263 Å². The number of hydrogen-bond acceptors (Lipinski definition) is 6. The monoisotopic (exact) mass is 609 g/mol. The molecular formula is C35H51N3O6. The SMILES string of the molecule is CCC(C)C(NC(=O)OC(C)(C)C)C(=O)N(C)C(C(=O)NC(Cc1ccccc1)C(=O)OC(C)(C)C)c1cc(C)ccc1C. The summed E-state index contributed by atoms with van der Waals surface area (Å²) in [6.07, 6.45) is 0.0807. The van der Waals surface area contributed by atoms with E-state index in [1.54, 1.807) is 48.6 Å². The van der Waals surface area contributed by atoms with Crippen LogP contribution in [0, 0.1) is 19.8 Å². The summed E-state index contributed by atoms with van der Waals surface area (Å²) in [5.41, 5.74) is 1.63. The Bertz CT molecular complexity index is 1300. The van der Waals surface area contributed by atoms with Crippen LogP contribution in [0.4, 0.5) is 4.79 Å². The average Bonchev–Trinajstić information content (AvgIpc) is 2.91. The van der Waals surface area contributed by atoms with Crippen LogP contribution in [0.15, 0.2) is 48.5 Å². The van der Waals surface area contributed by atoms with Crippen LogP contribution in [0.2, 0.25) is 0 Å². The van der Waals surface area contributed by atoms with Crippen LogP contribution >= 0.6 is 0 Å². The lowest BCUT2D eigenvalue weighted by Crippen LogP contribution is -2.55. The second-order valence-corrected chi connectivity index (χ2v) is 13.5. The molecule has 4 atom stereocenters. The molecule has 0 aromatic heterocycles. The molecule has 0 aliphatic heterocycles. The molecule has 9 nitrogen and oxygen atoms in total. The smallest absolute Gasteiger partial charge is 0.408 e. The lowest BCUT2D eigenvalue weighted by molar-refractivity contribution is -0.159. The zero-order chi connectivity index (χ0) is 33.4. The molecule has 4 unspecified atom stereocenters. The number of rotatable bonds is 11. The number of carbonyl (C=O) groups is 4. The quantitative estimate of drug-likeness (QED) is 0.311. The number of benzene rings is 2. The van der Waals surface area contributed by atoms with Crippen LogP contribution in [0.3, 0.4) is 0 Å². The number of carbonyl (C=O) groups excluding carboxylic acids is 4. The van der Waals surface area contributed by atoms with Gasteiger partial charge in [-0.25, -0.2) is 9.59 Å². The Balaban J connectivity index is 2.54. The highest BCUT2D eigenvalue weighted by molar-refractivity contribution is 5.94. The van der Waals surface area contributed by atoms with Gasteiger partial charge in [0.2, 0.25) is 11.8 Å². The first kappa shape index (κ1) is 36.3. The summed E-state index contributed by atoms with van der Waals surface area (Å²) >= 11 is 0. The summed E-state index contributed by atoms with van der Waals surface area (Å²) in [7, 11) is 1.54. The van der Waals surface area contributed by atoms with Crippen molar-refractivity contribution < 1.29 is 28.7 Å². The third-order valence-electron chi connectivity index (χ3n) is 7.15. The van der Waals surface area contributed by atoms with Gasteiger partial charge in [-0.15, -0.1) is 0 Å². The van der Waals surface area contributed by atoms with Crippen molar-refractivity contribution in [3.8, 4) is 0 Å². The number of nitrogens with one attached hydrogen (secondary N) is 2. The van der Waals surface area contributed by atoms with Crippen molar-refractivity contribution in [1.82, 2.24) is 15.5 Å². The molecule has 0 saturated carbocycles. The zero-order valence-corrected chi connectivity index (χ0v) is 28.2. The molecule has 0 spiro atoms. The number of likely N-dealkylation sites (N-methyl/N-ethyl adjacent to an activating group) is 1. The molecule has 2 aromatic rings. The average molecular weight is 610 g/mol. The van der Waals surface area contributed by atoms with E-state index in [2.05, 4.69) is 10.6 Å². The van der Waals surface area contributed by atoms with Gasteiger partial charge in [-0.1, -0.05) is 74.4 Å². The summed E-state index contributed by atoms with van der Waals surface area (Å²) in [6.45, 7) is 18.1. The highest BCUT2D eigenvalue weighted by Gasteiger charge is 2.38. The molecule has 2 N–H and O–H groups in total. The first-order chi connectivity index (χ1) is 20.3. The van der Waals surface area contributed by atoms with Gasteiger partial charge >= 0.3 is 12.1 Å². The first-order valence-corrected chi connectivity index (χ1v) is 15.2. The normalized spacial score (nSPS) is 14.4. The maximum atomic E-state index is 14.3. The fraction of sp³-hybridized carbons (Fsp3) is 0.543. The van der Waals surface area contributed by atoms with E-state index in [0.29, 0.717) is 12.0 Å². The van der Waals surface area contributed by atoms with E-state index in [0.717, 1.165) is 16.7 Å². The number of nitrogens with zero attached hydrogens (tertiary/aromatic N) is 1. The number of esters is 1. The number of aryl methyl sites for hydroxylation is 2. The highest BCUT2D eigenvalue weighted by Crippen LogP contribution is 2.27. The minimum Gasteiger partial charge on any atom is -0.458 e. The Morgan fingerprint density at radius 3 is 2.00 bits per heavy atom. The van der Waals surface area contributed by atoms with Crippen LogP contribution in [0.1, 0.15) is 90.1 Å². The highest BCUT2D eigenvalue weighted by atomic mass is 16.6. The van der Waals surface area contributed by atoms with Crippen LogP contribution in [-0.4, -0.2) is 59.1 Å². The van der Waals surface area contributed by atoms with E-state index in [-0.39, 0.29) is 12.3 Å². The molecule has 242 valence electrons. The van der Waals surface area contributed by atoms with Gasteiger partial charge in [0.25, 0.3) is 0 Å². The van der Waals surface area contributed by atoms with Gasteiger partial charge in [-0.2, -0.15) is 0 Å². The Kier molecular flexibility index (Phi) is 12.6. The fourth-order valence-corrected chi connectivity index (χ4v) is 4.71. The van der Waals surface area contributed by atoms with Crippen LogP contribution in [-0.2, 0) is 30.3 Å². The summed E-state index contributed by atoms with van der Waals surface area (Å²) in [6, 6.07) is 12.0. The lowest BCUT2D eigenvalue weighted by atomic mass is 9.93. The van der Waals surface area contributed by atoms with Gasteiger partial charge < -0.3 is 25.0 Å². The van der Waals surface area contributed by atoms with Crippen molar-refractivity contribution >= 4 is 23.9 Å². The Morgan fingerprint density at radius 2 is 1.45 bits per heavy atom. The predicted octanol–water partition coefficient (Wildman–Crippen LogP) is 5.81. The standard InChI is InChI=1S/C35H51N3O6/c1-12-23(3)28(37-33(42)44-35(8,9)10)31(40)38(11)29(26-20-22(2)18-19-24(26)4)30(39)36-27(32(41)43-34(5,6)7)21-25-16-14-13-15-17-25/h13-20,23,27-29H,12,21H2,1-11H3,(H,36,39)(H,37,42). The van der Waals surface area contributed by atoms with Crippen molar-refractivity contribution in [3.05, 3.63) is 70.8 Å². The molecule has 0 aliphatic carbocycles. The van der Waals surface area contributed by atoms with E-state index >= 15 is 0 Å². The fourth-order valence-electron chi connectivity index (χ4n) is 4.71. The van der Waals surface area contributed by atoms with E-state index in [9.17, 15) is 19.2 Å². The molecular weight excluding hydrogens is 558 g/mol. The van der Waals surface area contributed by atoms with Crippen molar-refractivity contribution in [2.75, 3.05) is 7.05 Å². The van der Waals surface area contributed by atoms with Gasteiger partial charge in [0.1, 0.15) is 29.3 Å². The van der Waals surface area contributed by atoms with E-state index in [1.165, 1.54) is 4.90 Å². The van der Waals surface area contributed by atoms with Gasteiger partial charge in [-0.3, -0.25) is 9.59 Å². The van der Waals surface area contributed by atoms with Gasteiger partial charge in [0, 0.05) is 13.5 Å². The molecule has 0 aliphatic rings. The Hall–Kier alpha value is -3.88. The summed E-state index contributed by atoms with van der Waals surface area (Å²) in [4.78, 5) is 55.9. The molecule has 2 aromatic carbocycles. The Morgan fingerprint density at radius 1 is 0.864 bits per heavy atom. The minimum absolute atomic E-state index is 0.203. The van der Waals surface area contributed by atoms with E-state index < -0.39 is 53.2 Å². The second-order valence-electron chi connectivity index (χ2n) is 13.5. The number of alkyl carbamates (subject to hydrolysis) is 1. The third kappa shape index (κ3) is 11.0. The van der Waals surface area contributed by atoms with Crippen LogP contribution in [0.25, 0.3) is 0 Å². The summed E-state index contributed by atoms with van der Waals surface area (Å²) in [5.74, 6) is -1.83. The molecule has 3 amide bonds. The van der Waals surface area contributed by atoms with Crippen molar-refractivity contribution in [1.29, 1.82) is 0 Å². The molecule has 0 heterocycles. The molecule has 0 radical (unpaired) electrons. The molecule has 2 rings (SSSR count). The number of amides is 3. The minimum atomic E-state index is -1.10. The van der Waals surface area contributed by atoms with Crippen molar-refractivity contribution in [2.45, 2.75) is 111 Å². The van der Waals surface area contributed by atoms with Gasteiger partial charge in [-0.05, 0) is 78.0 Å². The summed E-state index contributed by atoms with van der Waals surface area (Å²) in [5, 5.41) is 5.64. The van der Waals surface area contributed by atoms with Gasteiger partial charge in [0.15, 0.2) is 0 Å². The number of ether oxygens (including phenoxy) is 2. The molecule has 0 fully saturated rings. The lowest BCUT2D eigenvalue weighted by Gasteiger charge is -2.35. The van der Waals surface area contributed by atoms with Gasteiger partial charge in [0.05, 0.1) is 0 Å². The third-order valence-corrected chi connectivity index (χ3v) is 7.15. The summed E-state index contributed by atoms with van der Waals surface area (Å²) < 4.78 is 11.1. The predicted molar refractivity (Wildman–Crippen MR) is 172 cm³/mol. The zero-order valence-electron chi connectivity index (χ0n) is 28.2. The molecule has 0 bridgehead atoms. The van der Waals surface area contributed by atoms with Crippen LogP contribution < -0.4 is 10.6 Å². The van der Waals surface area contributed by atoms with Crippen molar-refractivity contribution in [3.63, 3.8) is 0 Å². The van der Waals surface area contributed by atoms with Crippen molar-refractivity contribution in [2.24, 2.45) is 5.92 Å². The second kappa shape index (κ2) is 15.2. The maximum Gasteiger partial charge on any atom is 0.408 e. The van der Waals surface area contributed by atoms with Crippen LogP contribution in [0.5, 0.6) is 0 Å². The van der Waals surface area contributed by atoms with E-state index in [4.69, 9.17) is 9.47 Å². The first-order valence-electron chi connectivity index (χ1n) is 15.2.